The zero-order valence-electron chi connectivity index (χ0n) is 14.4. The van der Waals surface area contributed by atoms with E-state index in [2.05, 4.69) is 0 Å². The first-order valence-electron chi connectivity index (χ1n) is 7.74. The SMILES string of the molecule is O=C(O)/C=C/c1ccc(Sc2ccc(/C=C/C(=O)O)cc2[N+](=O)[O-])c([N+](=O)[O-])c1. The number of hydrogen-bond donors (Lipinski definition) is 2. The minimum absolute atomic E-state index is 0.124. The quantitative estimate of drug-likeness (QED) is 0.370. The average Bonchev–Trinajstić information content (AvgIpc) is 2.65. The lowest BCUT2D eigenvalue weighted by molar-refractivity contribution is -0.388. The van der Waals surface area contributed by atoms with Crippen molar-refractivity contribution in [3.05, 3.63) is 79.9 Å². The Morgan fingerprint density at radius 1 is 0.793 bits per heavy atom. The lowest BCUT2D eigenvalue weighted by atomic mass is 10.2. The molecule has 0 atom stereocenters. The fourth-order valence-corrected chi connectivity index (χ4v) is 3.17. The van der Waals surface area contributed by atoms with Crippen LogP contribution in [0.4, 0.5) is 11.4 Å². The van der Waals surface area contributed by atoms with Crippen LogP contribution in [0.3, 0.4) is 0 Å². The maximum absolute atomic E-state index is 11.4. The molecule has 0 aliphatic carbocycles. The van der Waals surface area contributed by atoms with Crippen molar-refractivity contribution < 1.29 is 29.6 Å². The van der Waals surface area contributed by atoms with Gasteiger partial charge in [-0.2, -0.15) is 0 Å². The zero-order valence-corrected chi connectivity index (χ0v) is 15.2. The predicted molar refractivity (Wildman–Crippen MR) is 104 cm³/mol. The van der Waals surface area contributed by atoms with E-state index in [1.54, 1.807) is 0 Å². The van der Waals surface area contributed by atoms with Crippen LogP contribution in [0.5, 0.6) is 0 Å². The second-order valence-electron chi connectivity index (χ2n) is 5.41. The molecule has 0 aliphatic rings. The molecule has 0 radical (unpaired) electrons. The summed E-state index contributed by atoms with van der Waals surface area (Å²) in [6.07, 6.45) is 4.05. The van der Waals surface area contributed by atoms with Gasteiger partial charge in [0.2, 0.25) is 0 Å². The molecule has 148 valence electrons. The number of carbonyl (C=O) groups is 2. The van der Waals surface area contributed by atoms with Crippen molar-refractivity contribution in [2.24, 2.45) is 0 Å². The second kappa shape index (κ2) is 9.28. The van der Waals surface area contributed by atoms with Gasteiger partial charge in [-0.15, -0.1) is 0 Å². The Balaban J connectivity index is 2.44. The van der Waals surface area contributed by atoms with E-state index in [1.807, 2.05) is 0 Å². The fourth-order valence-electron chi connectivity index (χ4n) is 2.19. The van der Waals surface area contributed by atoms with Crippen molar-refractivity contribution in [2.45, 2.75) is 9.79 Å². The maximum atomic E-state index is 11.4. The Labute approximate surface area is 167 Å². The summed E-state index contributed by atoms with van der Waals surface area (Å²) in [6, 6.07) is 7.96. The number of rotatable bonds is 8. The van der Waals surface area contributed by atoms with Gasteiger partial charge in [0.05, 0.1) is 19.6 Å². The summed E-state index contributed by atoms with van der Waals surface area (Å²) < 4.78 is 0. The molecule has 0 heterocycles. The summed E-state index contributed by atoms with van der Waals surface area (Å²) in [6.45, 7) is 0. The first-order chi connectivity index (χ1) is 13.7. The van der Waals surface area contributed by atoms with Crippen LogP contribution >= 0.6 is 11.8 Å². The normalized spacial score (nSPS) is 11.0. The smallest absolute Gasteiger partial charge is 0.328 e. The largest absolute Gasteiger partial charge is 0.478 e. The third-order valence-corrected chi connectivity index (χ3v) is 4.55. The highest BCUT2D eigenvalue weighted by molar-refractivity contribution is 7.99. The van der Waals surface area contributed by atoms with Crippen molar-refractivity contribution in [3.8, 4) is 0 Å². The van der Waals surface area contributed by atoms with Gasteiger partial charge in [-0.3, -0.25) is 20.2 Å². The molecule has 2 aromatic carbocycles. The van der Waals surface area contributed by atoms with Crippen LogP contribution < -0.4 is 0 Å². The molecule has 0 spiro atoms. The van der Waals surface area contributed by atoms with Crippen molar-refractivity contribution >= 4 is 47.2 Å². The molecule has 11 heteroatoms. The van der Waals surface area contributed by atoms with E-state index in [1.165, 1.54) is 36.4 Å². The number of carboxylic acid groups (broad SMARTS) is 2. The zero-order chi connectivity index (χ0) is 21.6. The summed E-state index contributed by atoms with van der Waals surface area (Å²) in [7, 11) is 0. The molecule has 29 heavy (non-hydrogen) atoms. The van der Waals surface area contributed by atoms with Crippen molar-refractivity contribution in [3.63, 3.8) is 0 Å². The summed E-state index contributed by atoms with van der Waals surface area (Å²) in [4.78, 5) is 42.8. The molecular formula is C18H12N2O8S. The monoisotopic (exact) mass is 416 g/mol. The highest BCUT2D eigenvalue weighted by Crippen LogP contribution is 2.40. The predicted octanol–water partition coefficient (Wildman–Crippen LogP) is 3.85. The molecule has 0 unspecified atom stereocenters. The van der Waals surface area contributed by atoms with Gasteiger partial charge in [0, 0.05) is 24.3 Å². The Morgan fingerprint density at radius 2 is 1.17 bits per heavy atom. The molecule has 10 nitrogen and oxygen atoms in total. The van der Waals surface area contributed by atoms with Crippen LogP contribution in [-0.2, 0) is 9.59 Å². The Morgan fingerprint density at radius 3 is 1.48 bits per heavy atom. The molecule has 2 rings (SSSR count). The molecule has 0 aliphatic heterocycles. The summed E-state index contributed by atoms with van der Waals surface area (Å²) >= 11 is 0.800. The maximum Gasteiger partial charge on any atom is 0.328 e. The molecule has 0 amide bonds. The second-order valence-corrected chi connectivity index (χ2v) is 6.50. The van der Waals surface area contributed by atoms with Gasteiger partial charge in [-0.05, 0) is 35.4 Å². The first kappa shape index (κ1) is 21.3. The number of carboxylic acids is 2. The first-order valence-corrected chi connectivity index (χ1v) is 8.56. The number of hydrogen-bond acceptors (Lipinski definition) is 7. The van der Waals surface area contributed by atoms with Crippen molar-refractivity contribution in [1.82, 2.24) is 0 Å². The molecule has 0 bridgehead atoms. The topological polar surface area (TPSA) is 161 Å². The molecule has 0 saturated carbocycles. The number of aliphatic carboxylic acids is 2. The van der Waals surface area contributed by atoms with Crippen LogP contribution in [0.2, 0.25) is 0 Å². The molecule has 0 fully saturated rings. The minimum Gasteiger partial charge on any atom is -0.478 e. The molecule has 0 aromatic heterocycles. The lowest BCUT2D eigenvalue weighted by Gasteiger charge is -2.06. The van der Waals surface area contributed by atoms with Crippen LogP contribution in [0.15, 0.2) is 58.3 Å². The van der Waals surface area contributed by atoms with E-state index in [-0.39, 0.29) is 32.3 Å². The van der Waals surface area contributed by atoms with Crippen molar-refractivity contribution in [1.29, 1.82) is 0 Å². The van der Waals surface area contributed by atoms with E-state index >= 15 is 0 Å². The van der Waals surface area contributed by atoms with E-state index in [0.29, 0.717) is 0 Å². The number of benzene rings is 2. The standard InChI is InChI=1S/C18H12N2O8S/c21-17(22)7-3-11-1-5-15(13(9-11)19(25)26)29-16-6-2-12(4-8-18(23)24)10-14(16)20(27)28/h1-10H,(H,21,22)(H,23,24)/b7-3+,8-4+. The van der Waals surface area contributed by atoms with E-state index in [0.717, 1.165) is 36.0 Å². The van der Waals surface area contributed by atoms with Crippen LogP contribution in [0, 0.1) is 20.2 Å². The van der Waals surface area contributed by atoms with E-state index in [4.69, 9.17) is 10.2 Å². The highest BCUT2D eigenvalue weighted by atomic mass is 32.2. The van der Waals surface area contributed by atoms with Gasteiger partial charge < -0.3 is 10.2 Å². The average molecular weight is 416 g/mol. The summed E-state index contributed by atoms with van der Waals surface area (Å²) in [5.74, 6) is -2.42. The highest BCUT2D eigenvalue weighted by Gasteiger charge is 2.21. The number of nitrogens with zero attached hydrogens (tertiary/aromatic N) is 2. The van der Waals surface area contributed by atoms with Crippen LogP contribution in [-0.4, -0.2) is 32.0 Å². The Bertz CT molecular complexity index is 978. The number of nitro benzene ring substituents is 2. The number of nitro groups is 2. The van der Waals surface area contributed by atoms with Gasteiger partial charge in [-0.1, -0.05) is 23.9 Å². The third kappa shape index (κ3) is 6.01. The van der Waals surface area contributed by atoms with Gasteiger partial charge in [0.25, 0.3) is 11.4 Å². The third-order valence-electron chi connectivity index (χ3n) is 3.42. The molecular weight excluding hydrogens is 404 g/mol. The Kier molecular flexibility index (Phi) is 6.82. The lowest BCUT2D eigenvalue weighted by Crippen LogP contribution is -1.95. The van der Waals surface area contributed by atoms with Gasteiger partial charge >= 0.3 is 11.9 Å². The molecule has 0 saturated heterocycles. The van der Waals surface area contributed by atoms with E-state index in [9.17, 15) is 29.8 Å². The van der Waals surface area contributed by atoms with E-state index < -0.39 is 21.8 Å². The van der Waals surface area contributed by atoms with Crippen molar-refractivity contribution in [2.75, 3.05) is 0 Å². The van der Waals surface area contributed by atoms with Crippen LogP contribution in [0.1, 0.15) is 11.1 Å². The summed E-state index contributed by atoms with van der Waals surface area (Å²) in [5.41, 5.74) is -0.113. The van der Waals surface area contributed by atoms with Gasteiger partial charge in [0.1, 0.15) is 0 Å². The van der Waals surface area contributed by atoms with Gasteiger partial charge in [0.15, 0.2) is 0 Å². The minimum atomic E-state index is -1.21. The Hall–Kier alpha value is -3.99. The summed E-state index contributed by atoms with van der Waals surface area (Å²) in [5, 5.41) is 40.1. The molecule has 2 N–H and O–H groups in total. The van der Waals surface area contributed by atoms with Crippen LogP contribution in [0.25, 0.3) is 12.2 Å². The molecule has 2 aromatic rings. The van der Waals surface area contributed by atoms with Gasteiger partial charge in [-0.25, -0.2) is 9.59 Å². The fraction of sp³-hybridized carbons (Fsp3) is 0.